The van der Waals surface area contributed by atoms with Crippen LogP contribution in [0.15, 0.2) is 18.5 Å². The summed E-state index contributed by atoms with van der Waals surface area (Å²) in [6, 6.07) is 1.88. The molecule has 0 amide bonds. The lowest BCUT2D eigenvalue weighted by atomic mass is 10.1. The number of anilines is 1. The molecule has 0 radical (unpaired) electrons. The number of pyridine rings is 1. The number of fused-ring (bicyclic) bond motifs is 1. The van der Waals surface area contributed by atoms with Crippen molar-refractivity contribution >= 4 is 16.9 Å². The third kappa shape index (κ3) is 1.96. The summed E-state index contributed by atoms with van der Waals surface area (Å²) in [5.41, 5.74) is 1.70. The van der Waals surface area contributed by atoms with Crippen LogP contribution in [0.5, 0.6) is 5.88 Å². The lowest BCUT2D eigenvalue weighted by Gasteiger charge is -2.28. The molecule has 0 saturated carbocycles. The van der Waals surface area contributed by atoms with E-state index in [4.69, 9.17) is 4.74 Å². The zero-order chi connectivity index (χ0) is 12.4. The number of aromatic nitrogens is 3. The maximum atomic E-state index is 5.14. The minimum Gasteiger partial charge on any atom is -0.480 e. The summed E-state index contributed by atoms with van der Waals surface area (Å²) in [5.74, 6) is 1.47. The molecule has 5 nitrogen and oxygen atoms in total. The van der Waals surface area contributed by atoms with Crippen molar-refractivity contribution in [2.24, 2.45) is 0 Å². The monoisotopic (exact) mass is 244 g/mol. The van der Waals surface area contributed by atoms with Crippen LogP contribution in [0.4, 0.5) is 5.82 Å². The Morgan fingerprint density at radius 2 is 2.00 bits per heavy atom. The van der Waals surface area contributed by atoms with Crippen LogP contribution in [0, 0.1) is 0 Å². The standard InChI is InChI=1S/C13H16N4O/c1-18-11-9-15-10-5-6-14-13(12(10)16-11)17-7-3-2-4-8-17/h5-6,9H,2-4,7-8H2,1H3. The Morgan fingerprint density at radius 1 is 1.17 bits per heavy atom. The molecule has 0 bridgehead atoms. The van der Waals surface area contributed by atoms with Gasteiger partial charge in [0, 0.05) is 19.3 Å². The summed E-state index contributed by atoms with van der Waals surface area (Å²) in [4.78, 5) is 15.6. The molecule has 0 aliphatic carbocycles. The number of hydrogen-bond acceptors (Lipinski definition) is 5. The molecule has 94 valence electrons. The van der Waals surface area contributed by atoms with E-state index in [1.807, 2.05) is 6.07 Å². The maximum absolute atomic E-state index is 5.14. The summed E-state index contributed by atoms with van der Waals surface area (Å²) >= 11 is 0. The Morgan fingerprint density at radius 3 is 2.78 bits per heavy atom. The van der Waals surface area contributed by atoms with E-state index < -0.39 is 0 Å². The molecule has 0 aromatic carbocycles. The summed E-state index contributed by atoms with van der Waals surface area (Å²) in [5, 5.41) is 0. The topological polar surface area (TPSA) is 51.1 Å². The van der Waals surface area contributed by atoms with E-state index in [1.54, 1.807) is 19.5 Å². The highest BCUT2D eigenvalue weighted by molar-refractivity contribution is 5.85. The van der Waals surface area contributed by atoms with E-state index in [2.05, 4.69) is 19.9 Å². The fraction of sp³-hybridized carbons (Fsp3) is 0.462. The van der Waals surface area contributed by atoms with Crippen molar-refractivity contribution < 1.29 is 4.74 Å². The van der Waals surface area contributed by atoms with Gasteiger partial charge in [-0.1, -0.05) is 0 Å². The largest absolute Gasteiger partial charge is 0.480 e. The third-order valence-electron chi connectivity index (χ3n) is 3.28. The number of ether oxygens (including phenoxy) is 1. The summed E-state index contributed by atoms with van der Waals surface area (Å²) < 4.78 is 5.14. The van der Waals surface area contributed by atoms with Crippen LogP contribution in [-0.2, 0) is 0 Å². The van der Waals surface area contributed by atoms with Gasteiger partial charge in [0.1, 0.15) is 5.52 Å². The van der Waals surface area contributed by atoms with Gasteiger partial charge in [0.15, 0.2) is 5.82 Å². The van der Waals surface area contributed by atoms with Gasteiger partial charge in [0.05, 0.1) is 18.8 Å². The van der Waals surface area contributed by atoms with E-state index in [0.717, 1.165) is 29.9 Å². The van der Waals surface area contributed by atoms with Gasteiger partial charge < -0.3 is 9.64 Å². The van der Waals surface area contributed by atoms with Gasteiger partial charge in [-0.25, -0.2) is 15.0 Å². The predicted octanol–water partition coefficient (Wildman–Crippen LogP) is 2.02. The van der Waals surface area contributed by atoms with Gasteiger partial charge in [-0.15, -0.1) is 0 Å². The van der Waals surface area contributed by atoms with E-state index in [9.17, 15) is 0 Å². The molecule has 0 unspecified atom stereocenters. The molecule has 3 heterocycles. The predicted molar refractivity (Wildman–Crippen MR) is 69.9 cm³/mol. The van der Waals surface area contributed by atoms with E-state index in [1.165, 1.54) is 19.3 Å². The van der Waals surface area contributed by atoms with Crippen LogP contribution in [-0.4, -0.2) is 35.2 Å². The first-order valence-corrected chi connectivity index (χ1v) is 6.29. The number of rotatable bonds is 2. The van der Waals surface area contributed by atoms with Gasteiger partial charge in [-0.3, -0.25) is 0 Å². The molecule has 0 atom stereocenters. The molecule has 2 aromatic rings. The SMILES string of the molecule is COc1cnc2ccnc(N3CCCCC3)c2n1. The minimum absolute atomic E-state index is 0.536. The van der Waals surface area contributed by atoms with E-state index in [0.29, 0.717) is 5.88 Å². The van der Waals surface area contributed by atoms with Gasteiger partial charge in [0.2, 0.25) is 5.88 Å². The van der Waals surface area contributed by atoms with Crippen molar-refractivity contribution in [1.82, 2.24) is 15.0 Å². The number of nitrogens with zero attached hydrogens (tertiary/aromatic N) is 4. The fourth-order valence-electron chi connectivity index (χ4n) is 2.34. The smallest absolute Gasteiger partial charge is 0.232 e. The highest BCUT2D eigenvalue weighted by Crippen LogP contribution is 2.25. The fourth-order valence-corrected chi connectivity index (χ4v) is 2.34. The summed E-state index contributed by atoms with van der Waals surface area (Å²) in [6.07, 6.45) is 7.18. The Bertz CT molecular complexity index is 552. The second kappa shape index (κ2) is 4.76. The summed E-state index contributed by atoms with van der Waals surface area (Å²) in [6.45, 7) is 2.09. The molecule has 1 aliphatic heterocycles. The molecule has 5 heteroatoms. The highest BCUT2D eigenvalue weighted by atomic mass is 16.5. The molecule has 18 heavy (non-hydrogen) atoms. The van der Waals surface area contributed by atoms with Crippen LogP contribution >= 0.6 is 0 Å². The maximum Gasteiger partial charge on any atom is 0.232 e. The van der Waals surface area contributed by atoms with Crippen molar-refractivity contribution in [3.63, 3.8) is 0 Å². The van der Waals surface area contributed by atoms with Crippen LogP contribution in [0.2, 0.25) is 0 Å². The van der Waals surface area contributed by atoms with E-state index in [-0.39, 0.29) is 0 Å². The van der Waals surface area contributed by atoms with Crippen LogP contribution in [0.1, 0.15) is 19.3 Å². The quantitative estimate of drug-likeness (QED) is 0.809. The van der Waals surface area contributed by atoms with Gasteiger partial charge >= 0.3 is 0 Å². The first kappa shape index (κ1) is 11.2. The molecule has 1 aliphatic rings. The first-order valence-electron chi connectivity index (χ1n) is 6.29. The number of hydrogen-bond donors (Lipinski definition) is 0. The van der Waals surface area contributed by atoms with Crippen LogP contribution < -0.4 is 9.64 Å². The number of methoxy groups -OCH3 is 1. The molecule has 3 rings (SSSR count). The van der Waals surface area contributed by atoms with Crippen molar-refractivity contribution in [2.75, 3.05) is 25.1 Å². The molecule has 2 aromatic heterocycles. The Labute approximate surface area is 106 Å². The Hall–Kier alpha value is -1.91. The molecular weight excluding hydrogens is 228 g/mol. The Kier molecular flexibility index (Phi) is 2.96. The summed E-state index contributed by atoms with van der Waals surface area (Å²) in [7, 11) is 1.60. The lowest BCUT2D eigenvalue weighted by molar-refractivity contribution is 0.397. The second-order valence-corrected chi connectivity index (χ2v) is 4.46. The molecule has 0 spiro atoms. The van der Waals surface area contributed by atoms with Crippen molar-refractivity contribution in [2.45, 2.75) is 19.3 Å². The molecule has 1 saturated heterocycles. The Balaban J connectivity index is 2.09. The second-order valence-electron chi connectivity index (χ2n) is 4.46. The van der Waals surface area contributed by atoms with Crippen LogP contribution in [0.25, 0.3) is 11.0 Å². The van der Waals surface area contributed by atoms with Crippen molar-refractivity contribution in [3.8, 4) is 5.88 Å². The molecule has 1 fully saturated rings. The molecule has 0 N–H and O–H groups in total. The van der Waals surface area contributed by atoms with Gasteiger partial charge in [0.25, 0.3) is 0 Å². The highest BCUT2D eigenvalue weighted by Gasteiger charge is 2.16. The van der Waals surface area contributed by atoms with Gasteiger partial charge in [-0.05, 0) is 25.3 Å². The normalized spacial score (nSPS) is 15.9. The van der Waals surface area contributed by atoms with Crippen molar-refractivity contribution in [1.29, 1.82) is 0 Å². The average Bonchev–Trinajstić information content (AvgIpc) is 2.47. The third-order valence-corrected chi connectivity index (χ3v) is 3.28. The average molecular weight is 244 g/mol. The van der Waals surface area contributed by atoms with Crippen LogP contribution in [0.3, 0.4) is 0 Å². The van der Waals surface area contributed by atoms with E-state index >= 15 is 0 Å². The molecular formula is C13H16N4O. The first-order chi connectivity index (χ1) is 8.88. The number of piperidine rings is 1. The minimum atomic E-state index is 0.536. The van der Waals surface area contributed by atoms with Gasteiger partial charge in [-0.2, -0.15) is 0 Å². The zero-order valence-corrected chi connectivity index (χ0v) is 10.5. The lowest BCUT2D eigenvalue weighted by Crippen LogP contribution is -2.30. The van der Waals surface area contributed by atoms with Crippen molar-refractivity contribution in [3.05, 3.63) is 18.5 Å². The zero-order valence-electron chi connectivity index (χ0n) is 10.5.